The Labute approximate surface area is 151 Å². The molecule has 3 amide bonds. The Hall–Kier alpha value is -1.54. The van der Waals surface area contributed by atoms with Crippen LogP contribution in [-0.2, 0) is 4.74 Å². The first-order valence-corrected chi connectivity index (χ1v) is 9.34. The van der Waals surface area contributed by atoms with Crippen LogP contribution in [0, 0.1) is 0 Å². The Bertz CT molecular complexity index is 430. The highest BCUT2D eigenvalue weighted by atomic mass is 16.6. The van der Waals surface area contributed by atoms with Crippen molar-refractivity contribution in [1.82, 2.24) is 24.9 Å². The molecule has 0 radical (unpaired) electrons. The number of urea groups is 1. The van der Waals surface area contributed by atoms with E-state index in [0.29, 0.717) is 19.2 Å². The number of amides is 3. The van der Waals surface area contributed by atoms with Crippen LogP contribution in [0.3, 0.4) is 0 Å². The highest BCUT2D eigenvalue weighted by Gasteiger charge is 2.30. The number of hydrogen-bond acceptors (Lipinski definition) is 5. The quantitative estimate of drug-likeness (QED) is 0.778. The summed E-state index contributed by atoms with van der Waals surface area (Å²) in [6.07, 6.45) is 1.77. The molecule has 2 saturated heterocycles. The van der Waals surface area contributed by atoms with Gasteiger partial charge in [-0.1, -0.05) is 0 Å². The molecule has 8 nitrogen and oxygen atoms in total. The molecular weight excluding hydrogens is 322 g/mol. The van der Waals surface area contributed by atoms with Crippen LogP contribution in [0.15, 0.2) is 0 Å². The fourth-order valence-electron chi connectivity index (χ4n) is 3.42. The smallest absolute Gasteiger partial charge is 0.409 e. The fraction of sp³-hybridized carbons (Fsp3) is 0.882. The average molecular weight is 355 g/mol. The van der Waals surface area contributed by atoms with Crippen LogP contribution in [-0.4, -0.2) is 111 Å². The lowest BCUT2D eigenvalue weighted by molar-refractivity contribution is 0.0568. The van der Waals surface area contributed by atoms with E-state index in [4.69, 9.17) is 4.74 Å². The van der Waals surface area contributed by atoms with Gasteiger partial charge in [0.05, 0.1) is 6.61 Å². The second-order valence-electron chi connectivity index (χ2n) is 6.98. The number of carbonyl (C=O) groups is 2. The Kier molecular flexibility index (Phi) is 7.77. The minimum Gasteiger partial charge on any atom is -0.450 e. The van der Waals surface area contributed by atoms with Gasteiger partial charge < -0.3 is 24.8 Å². The van der Waals surface area contributed by atoms with E-state index in [-0.39, 0.29) is 12.1 Å². The van der Waals surface area contributed by atoms with Gasteiger partial charge in [0, 0.05) is 58.4 Å². The monoisotopic (exact) mass is 355 g/mol. The highest BCUT2D eigenvalue weighted by Crippen LogP contribution is 2.19. The number of hydrogen-bond donors (Lipinski definition) is 1. The summed E-state index contributed by atoms with van der Waals surface area (Å²) in [6.45, 7) is 8.67. The molecule has 0 saturated carbocycles. The SMILES string of the molecule is CCOC(=O)N1CCC(N2CCN(C(=O)NCCN(C)C)CC2)CC1. The highest BCUT2D eigenvalue weighted by molar-refractivity contribution is 5.74. The molecule has 0 unspecified atom stereocenters. The van der Waals surface area contributed by atoms with Crippen molar-refractivity contribution < 1.29 is 14.3 Å². The van der Waals surface area contributed by atoms with E-state index in [1.54, 1.807) is 4.90 Å². The van der Waals surface area contributed by atoms with E-state index in [2.05, 4.69) is 15.1 Å². The number of likely N-dealkylation sites (tertiary alicyclic amines) is 1. The first kappa shape index (κ1) is 19.8. The number of nitrogens with one attached hydrogen (secondary N) is 1. The summed E-state index contributed by atoms with van der Waals surface area (Å²) in [5.41, 5.74) is 0. The molecule has 144 valence electrons. The predicted molar refractivity (Wildman–Crippen MR) is 96.7 cm³/mol. The number of likely N-dealkylation sites (N-methyl/N-ethyl adjacent to an activating group) is 1. The Balaban J connectivity index is 1.67. The van der Waals surface area contributed by atoms with Crippen molar-refractivity contribution in [2.45, 2.75) is 25.8 Å². The van der Waals surface area contributed by atoms with Gasteiger partial charge in [-0.05, 0) is 33.9 Å². The maximum atomic E-state index is 12.2. The van der Waals surface area contributed by atoms with Crippen molar-refractivity contribution in [2.24, 2.45) is 0 Å². The fourth-order valence-corrected chi connectivity index (χ4v) is 3.42. The zero-order chi connectivity index (χ0) is 18.2. The van der Waals surface area contributed by atoms with E-state index >= 15 is 0 Å². The molecule has 2 aliphatic rings. The number of ether oxygens (including phenoxy) is 1. The van der Waals surface area contributed by atoms with E-state index in [1.165, 1.54) is 0 Å². The molecule has 25 heavy (non-hydrogen) atoms. The molecule has 0 atom stereocenters. The minimum absolute atomic E-state index is 0.0404. The summed E-state index contributed by atoms with van der Waals surface area (Å²) in [5, 5.41) is 2.98. The number of carbonyl (C=O) groups excluding carboxylic acids is 2. The number of piperidine rings is 1. The molecule has 1 N–H and O–H groups in total. The molecule has 0 aliphatic carbocycles. The van der Waals surface area contributed by atoms with Gasteiger partial charge in [-0.3, -0.25) is 4.90 Å². The average Bonchev–Trinajstić information content (AvgIpc) is 2.62. The van der Waals surface area contributed by atoms with E-state index < -0.39 is 0 Å². The van der Waals surface area contributed by atoms with E-state index in [0.717, 1.165) is 58.7 Å². The Morgan fingerprint density at radius 2 is 1.68 bits per heavy atom. The molecule has 0 bridgehead atoms. The van der Waals surface area contributed by atoms with Crippen molar-refractivity contribution in [3.63, 3.8) is 0 Å². The first-order valence-electron chi connectivity index (χ1n) is 9.34. The van der Waals surface area contributed by atoms with Crippen LogP contribution in [0.5, 0.6) is 0 Å². The van der Waals surface area contributed by atoms with Crippen molar-refractivity contribution in [2.75, 3.05) is 73.1 Å². The molecule has 8 heteroatoms. The van der Waals surface area contributed by atoms with Crippen LogP contribution in [0.2, 0.25) is 0 Å². The maximum absolute atomic E-state index is 12.2. The third-order valence-electron chi connectivity index (χ3n) is 4.94. The second kappa shape index (κ2) is 9.82. The molecular formula is C17H33N5O3. The van der Waals surface area contributed by atoms with Crippen LogP contribution in [0.25, 0.3) is 0 Å². The first-order chi connectivity index (χ1) is 12.0. The lowest BCUT2D eigenvalue weighted by Gasteiger charge is -2.42. The van der Waals surface area contributed by atoms with Gasteiger partial charge in [-0.25, -0.2) is 9.59 Å². The van der Waals surface area contributed by atoms with E-state index in [1.807, 2.05) is 25.9 Å². The van der Waals surface area contributed by atoms with Crippen LogP contribution in [0.4, 0.5) is 9.59 Å². The van der Waals surface area contributed by atoms with Gasteiger partial charge in [0.2, 0.25) is 0 Å². The standard InChI is InChI=1S/C17H33N5O3/c1-4-25-17(24)22-8-5-15(6-9-22)20-11-13-21(14-12-20)16(23)18-7-10-19(2)3/h15H,4-14H2,1-3H3,(H,18,23). The summed E-state index contributed by atoms with van der Waals surface area (Å²) in [5.74, 6) is 0. The van der Waals surface area contributed by atoms with Crippen molar-refractivity contribution in [3.8, 4) is 0 Å². The summed E-state index contributed by atoms with van der Waals surface area (Å²) in [7, 11) is 4.00. The topological polar surface area (TPSA) is 68.4 Å². The Morgan fingerprint density at radius 3 is 2.24 bits per heavy atom. The van der Waals surface area contributed by atoms with Gasteiger partial charge >= 0.3 is 12.1 Å². The number of piperazine rings is 1. The van der Waals surface area contributed by atoms with Crippen molar-refractivity contribution in [3.05, 3.63) is 0 Å². The van der Waals surface area contributed by atoms with Crippen molar-refractivity contribution in [1.29, 1.82) is 0 Å². The van der Waals surface area contributed by atoms with E-state index in [9.17, 15) is 9.59 Å². The summed E-state index contributed by atoms with van der Waals surface area (Å²) in [6, 6.07) is 0.545. The van der Waals surface area contributed by atoms with Gasteiger partial charge in [0.1, 0.15) is 0 Å². The summed E-state index contributed by atoms with van der Waals surface area (Å²) in [4.78, 5) is 32.1. The van der Waals surface area contributed by atoms with Gasteiger partial charge in [-0.2, -0.15) is 0 Å². The molecule has 2 heterocycles. The molecule has 2 aliphatic heterocycles. The maximum Gasteiger partial charge on any atom is 0.409 e. The molecule has 0 aromatic rings. The Morgan fingerprint density at radius 1 is 1.04 bits per heavy atom. The van der Waals surface area contributed by atoms with Crippen LogP contribution < -0.4 is 5.32 Å². The zero-order valence-electron chi connectivity index (χ0n) is 15.9. The minimum atomic E-state index is -0.194. The molecule has 2 rings (SSSR count). The lowest BCUT2D eigenvalue weighted by atomic mass is 10.0. The predicted octanol–water partition coefficient (Wildman–Crippen LogP) is 0.496. The lowest BCUT2D eigenvalue weighted by Crippen LogP contribution is -2.56. The van der Waals surface area contributed by atoms with Gasteiger partial charge in [-0.15, -0.1) is 0 Å². The molecule has 2 fully saturated rings. The summed E-state index contributed by atoms with van der Waals surface area (Å²) < 4.78 is 5.07. The molecule has 0 spiro atoms. The number of rotatable bonds is 5. The third kappa shape index (κ3) is 6.04. The third-order valence-corrected chi connectivity index (χ3v) is 4.94. The normalized spacial score (nSPS) is 20.0. The van der Waals surface area contributed by atoms with Gasteiger partial charge in [0.25, 0.3) is 0 Å². The zero-order valence-corrected chi connectivity index (χ0v) is 15.9. The van der Waals surface area contributed by atoms with Crippen molar-refractivity contribution >= 4 is 12.1 Å². The van der Waals surface area contributed by atoms with Gasteiger partial charge in [0.15, 0.2) is 0 Å². The largest absolute Gasteiger partial charge is 0.450 e. The second-order valence-corrected chi connectivity index (χ2v) is 6.98. The summed E-state index contributed by atoms with van der Waals surface area (Å²) >= 11 is 0. The van der Waals surface area contributed by atoms with Crippen LogP contribution in [0.1, 0.15) is 19.8 Å². The van der Waals surface area contributed by atoms with Crippen LogP contribution >= 0.6 is 0 Å². The molecule has 0 aromatic carbocycles. The number of nitrogens with zero attached hydrogens (tertiary/aromatic N) is 4. The molecule has 0 aromatic heterocycles.